The van der Waals surface area contributed by atoms with Gasteiger partial charge in [0.25, 0.3) is 0 Å². The maximum absolute atomic E-state index is 13.5. The fourth-order valence-electron chi connectivity index (χ4n) is 5.36. The van der Waals surface area contributed by atoms with Crippen molar-refractivity contribution >= 4 is 17.7 Å². The molecule has 3 fully saturated rings. The van der Waals surface area contributed by atoms with E-state index in [1.165, 1.54) is 0 Å². The minimum Gasteiger partial charge on any atom is -0.410 e. The predicted octanol–water partition coefficient (Wildman–Crippen LogP) is 3.09. The molecule has 1 aromatic carbocycles. The maximum atomic E-state index is 13.5. The van der Waals surface area contributed by atoms with E-state index in [0.717, 1.165) is 89.0 Å². The van der Waals surface area contributed by atoms with Crippen LogP contribution in [0.3, 0.4) is 0 Å². The maximum Gasteiger partial charge on any atom is 0.409 e. The largest absolute Gasteiger partial charge is 0.410 e. The van der Waals surface area contributed by atoms with Crippen LogP contribution in [-0.4, -0.2) is 55.8 Å². The van der Waals surface area contributed by atoms with Crippen LogP contribution in [0.2, 0.25) is 0 Å². The Morgan fingerprint density at radius 1 is 1.27 bits per heavy atom. The van der Waals surface area contributed by atoms with Crippen molar-refractivity contribution < 1.29 is 19.1 Å². The predicted molar refractivity (Wildman–Crippen MR) is 115 cm³/mol. The molecule has 1 spiro atoms. The van der Waals surface area contributed by atoms with Crippen molar-refractivity contribution in [2.24, 2.45) is 11.1 Å². The first-order valence-corrected chi connectivity index (χ1v) is 11.3. The molecule has 7 nitrogen and oxygen atoms in total. The Morgan fingerprint density at radius 3 is 2.80 bits per heavy atom. The molecule has 3 heterocycles. The zero-order valence-corrected chi connectivity index (χ0v) is 17.9. The van der Waals surface area contributed by atoms with Gasteiger partial charge in [-0.2, -0.15) is 0 Å². The average Bonchev–Trinajstić information content (AvgIpc) is 3.05. The molecule has 0 radical (unpaired) electrons. The normalized spacial score (nSPS) is 25.2. The second kappa shape index (κ2) is 8.84. The SMILES string of the molecule is CCCc1cc(N2CCC[C@@]3(CCN(C4CCOCC4)C3=O)C2)ccc1OC(N)=O. The molecule has 0 saturated carbocycles. The summed E-state index contributed by atoms with van der Waals surface area (Å²) in [5, 5.41) is 0. The third-order valence-corrected chi connectivity index (χ3v) is 6.89. The third kappa shape index (κ3) is 4.13. The number of nitrogens with two attached hydrogens (primary N) is 1. The molecule has 0 bridgehead atoms. The summed E-state index contributed by atoms with van der Waals surface area (Å²) in [6.45, 7) is 6.17. The van der Waals surface area contributed by atoms with Gasteiger partial charge in [0.05, 0.1) is 5.41 Å². The molecule has 3 aliphatic rings. The van der Waals surface area contributed by atoms with Crippen LogP contribution in [0, 0.1) is 5.41 Å². The molecule has 0 unspecified atom stereocenters. The van der Waals surface area contributed by atoms with E-state index in [-0.39, 0.29) is 5.41 Å². The second-order valence-electron chi connectivity index (χ2n) is 8.86. The molecule has 2 N–H and O–H groups in total. The number of piperidine rings is 1. The molecule has 30 heavy (non-hydrogen) atoms. The molecule has 0 aromatic heterocycles. The Morgan fingerprint density at radius 2 is 2.07 bits per heavy atom. The Bertz CT molecular complexity index is 793. The Balaban J connectivity index is 1.52. The number of amides is 2. The van der Waals surface area contributed by atoms with Crippen LogP contribution in [0.5, 0.6) is 5.75 Å². The molecule has 164 valence electrons. The van der Waals surface area contributed by atoms with E-state index in [4.69, 9.17) is 15.2 Å². The number of benzene rings is 1. The average molecular weight is 416 g/mol. The van der Waals surface area contributed by atoms with Crippen LogP contribution in [-0.2, 0) is 16.0 Å². The van der Waals surface area contributed by atoms with Gasteiger partial charge >= 0.3 is 6.09 Å². The van der Waals surface area contributed by atoms with Crippen molar-refractivity contribution in [1.82, 2.24) is 4.90 Å². The second-order valence-corrected chi connectivity index (χ2v) is 8.86. The molecule has 3 aliphatic heterocycles. The standard InChI is InChI=1S/C23H33N3O4/c1-2-4-17-15-19(5-6-20(17)30-22(24)28)25-11-3-9-23(16-25)10-12-26(21(23)27)18-7-13-29-14-8-18/h5-6,15,18H,2-4,7-14,16H2,1H3,(H2,24,28)/t23-/m1/s1. The van der Waals surface area contributed by atoms with Gasteiger partial charge in [0.1, 0.15) is 5.75 Å². The van der Waals surface area contributed by atoms with E-state index in [9.17, 15) is 9.59 Å². The summed E-state index contributed by atoms with van der Waals surface area (Å²) in [7, 11) is 0. The van der Waals surface area contributed by atoms with Gasteiger partial charge in [-0.15, -0.1) is 0 Å². The molecule has 1 atom stereocenters. The van der Waals surface area contributed by atoms with Crippen LogP contribution in [0.25, 0.3) is 0 Å². The number of carbonyl (C=O) groups excluding carboxylic acids is 2. The van der Waals surface area contributed by atoms with Crippen LogP contribution in [0.1, 0.15) is 51.0 Å². The van der Waals surface area contributed by atoms with Crippen molar-refractivity contribution in [2.45, 2.75) is 57.9 Å². The highest BCUT2D eigenvalue weighted by atomic mass is 16.5. The number of rotatable bonds is 5. The number of likely N-dealkylation sites (tertiary alicyclic amines) is 1. The summed E-state index contributed by atoms with van der Waals surface area (Å²) in [5.74, 6) is 0.865. The van der Waals surface area contributed by atoms with E-state index in [0.29, 0.717) is 17.7 Å². The van der Waals surface area contributed by atoms with Gasteiger partial charge in [0.15, 0.2) is 0 Å². The lowest BCUT2D eigenvalue weighted by Crippen LogP contribution is -2.50. The fraction of sp³-hybridized carbons (Fsp3) is 0.652. The summed E-state index contributed by atoms with van der Waals surface area (Å²) in [6, 6.07) is 6.24. The minimum absolute atomic E-state index is 0.274. The number of primary amides is 1. The number of nitrogens with zero attached hydrogens (tertiary/aromatic N) is 2. The third-order valence-electron chi connectivity index (χ3n) is 6.89. The van der Waals surface area contributed by atoms with E-state index < -0.39 is 6.09 Å². The van der Waals surface area contributed by atoms with Crippen LogP contribution >= 0.6 is 0 Å². The molecule has 4 rings (SSSR count). The molecule has 7 heteroatoms. The molecule has 0 aliphatic carbocycles. The number of aryl methyl sites for hydroxylation is 1. The van der Waals surface area contributed by atoms with Gasteiger partial charge in [0, 0.05) is 44.6 Å². The van der Waals surface area contributed by atoms with Gasteiger partial charge < -0.3 is 25.0 Å². The lowest BCUT2D eigenvalue weighted by Gasteiger charge is -2.41. The smallest absolute Gasteiger partial charge is 0.409 e. The van der Waals surface area contributed by atoms with E-state index in [1.807, 2.05) is 12.1 Å². The summed E-state index contributed by atoms with van der Waals surface area (Å²) in [4.78, 5) is 29.2. The Labute approximate surface area is 178 Å². The van der Waals surface area contributed by atoms with Crippen molar-refractivity contribution in [2.75, 3.05) is 37.7 Å². The zero-order chi connectivity index (χ0) is 21.1. The van der Waals surface area contributed by atoms with E-state index in [1.54, 1.807) is 0 Å². The van der Waals surface area contributed by atoms with E-state index in [2.05, 4.69) is 22.8 Å². The summed E-state index contributed by atoms with van der Waals surface area (Å²) < 4.78 is 10.7. The molecule has 2 amide bonds. The Kier molecular flexibility index (Phi) is 6.18. The van der Waals surface area contributed by atoms with Crippen molar-refractivity contribution in [3.05, 3.63) is 23.8 Å². The van der Waals surface area contributed by atoms with Crippen molar-refractivity contribution in [3.8, 4) is 5.75 Å². The van der Waals surface area contributed by atoms with Crippen LogP contribution in [0.15, 0.2) is 18.2 Å². The summed E-state index contributed by atoms with van der Waals surface area (Å²) in [5.41, 5.74) is 7.01. The fourth-order valence-corrected chi connectivity index (χ4v) is 5.36. The van der Waals surface area contributed by atoms with Crippen molar-refractivity contribution in [1.29, 1.82) is 0 Å². The highest BCUT2D eigenvalue weighted by molar-refractivity contribution is 5.86. The lowest BCUT2D eigenvalue weighted by molar-refractivity contribution is -0.139. The van der Waals surface area contributed by atoms with Crippen LogP contribution < -0.4 is 15.4 Å². The number of hydrogen-bond acceptors (Lipinski definition) is 5. The molecule has 3 saturated heterocycles. The Hall–Kier alpha value is -2.28. The topological polar surface area (TPSA) is 85.1 Å². The molecular formula is C23H33N3O4. The van der Waals surface area contributed by atoms with Gasteiger partial charge in [-0.05, 0) is 62.3 Å². The highest BCUT2D eigenvalue weighted by Crippen LogP contribution is 2.43. The minimum atomic E-state index is -0.790. The van der Waals surface area contributed by atoms with Crippen molar-refractivity contribution in [3.63, 3.8) is 0 Å². The summed E-state index contributed by atoms with van der Waals surface area (Å²) >= 11 is 0. The lowest BCUT2D eigenvalue weighted by atomic mass is 9.78. The zero-order valence-electron chi connectivity index (χ0n) is 17.9. The number of hydrogen-bond donors (Lipinski definition) is 1. The number of ether oxygens (including phenoxy) is 2. The molecular weight excluding hydrogens is 382 g/mol. The number of anilines is 1. The first-order chi connectivity index (χ1) is 14.5. The van der Waals surface area contributed by atoms with Gasteiger partial charge in [0.2, 0.25) is 5.91 Å². The monoisotopic (exact) mass is 415 g/mol. The molecule has 1 aromatic rings. The van der Waals surface area contributed by atoms with Gasteiger partial charge in [-0.25, -0.2) is 4.79 Å². The van der Waals surface area contributed by atoms with Gasteiger partial charge in [-0.1, -0.05) is 13.3 Å². The summed E-state index contributed by atoms with van der Waals surface area (Å²) in [6.07, 6.45) is 5.78. The quantitative estimate of drug-likeness (QED) is 0.799. The first-order valence-electron chi connectivity index (χ1n) is 11.3. The first kappa shape index (κ1) is 21.0. The highest BCUT2D eigenvalue weighted by Gasteiger charge is 2.50. The number of carbonyl (C=O) groups is 2. The van der Waals surface area contributed by atoms with Gasteiger partial charge in [-0.3, -0.25) is 4.79 Å². The van der Waals surface area contributed by atoms with Crippen LogP contribution in [0.4, 0.5) is 10.5 Å². The van der Waals surface area contributed by atoms with E-state index >= 15 is 0 Å².